The van der Waals surface area contributed by atoms with Crippen molar-refractivity contribution in [2.75, 3.05) is 26.8 Å². The highest BCUT2D eigenvalue weighted by atomic mass is 32.1. The Labute approximate surface area is 125 Å². The summed E-state index contributed by atoms with van der Waals surface area (Å²) in [6, 6.07) is 8.41. The number of ether oxygens (including phenoxy) is 1. The molecule has 2 rings (SSSR count). The quantitative estimate of drug-likeness (QED) is 0.779. The predicted octanol–water partition coefficient (Wildman–Crippen LogP) is 3.59. The maximum atomic E-state index is 5.15. The van der Waals surface area contributed by atoms with E-state index in [1.807, 2.05) is 6.20 Å². The minimum absolute atomic E-state index is 0.775. The predicted molar refractivity (Wildman–Crippen MR) is 85.1 cm³/mol. The van der Waals surface area contributed by atoms with Crippen LogP contribution in [0.25, 0.3) is 10.6 Å². The van der Waals surface area contributed by atoms with Gasteiger partial charge in [-0.15, -0.1) is 11.3 Å². The third-order valence-corrected chi connectivity index (χ3v) is 4.38. The molecule has 0 radical (unpaired) electrons. The first-order valence-corrected chi connectivity index (χ1v) is 7.78. The number of rotatable bonds is 7. The Morgan fingerprint density at radius 1 is 1.30 bits per heavy atom. The molecule has 1 aromatic heterocycles. The Morgan fingerprint density at radius 2 is 2.10 bits per heavy atom. The summed E-state index contributed by atoms with van der Waals surface area (Å²) in [6.45, 7) is 8.03. The van der Waals surface area contributed by atoms with E-state index in [9.17, 15) is 0 Å². The molecule has 0 saturated heterocycles. The average molecular weight is 290 g/mol. The second kappa shape index (κ2) is 7.53. The number of likely N-dealkylation sites (N-methyl/N-ethyl adjacent to an activating group) is 1. The summed E-state index contributed by atoms with van der Waals surface area (Å²) in [7, 11) is 1.75. The summed E-state index contributed by atoms with van der Waals surface area (Å²) < 4.78 is 5.15. The van der Waals surface area contributed by atoms with Gasteiger partial charge in [-0.2, -0.15) is 0 Å². The smallest absolute Gasteiger partial charge is 0.123 e. The number of aromatic nitrogens is 1. The number of benzene rings is 1. The van der Waals surface area contributed by atoms with Crippen LogP contribution in [0.15, 0.2) is 30.5 Å². The zero-order chi connectivity index (χ0) is 14.4. The molecule has 1 heterocycles. The van der Waals surface area contributed by atoms with Crippen molar-refractivity contribution in [3.05, 3.63) is 40.9 Å². The van der Waals surface area contributed by atoms with Crippen LogP contribution in [0.4, 0.5) is 0 Å². The molecular weight excluding hydrogens is 268 g/mol. The maximum Gasteiger partial charge on any atom is 0.123 e. The molecule has 3 nitrogen and oxygen atoms in total. The van der Waals surface area contributed by atoms with Gasteiger partial charge in [0.15, 0.2) is 0 Å². The number of thiazole rings is 1. The molecule has 0 unspecified atom stereocenters. The SMILES string of the molecule is CCN(CCOC)Cc1cnc(-c2ccccc2C)s1. The lowest BCUT2D eigenvalue weighted by Gasteiger charge is -2.18. The monoisotopic (exact) mass is 290 g/mol. The highest BCUT2D eigenvalue weighted by Crippen LogP contribution is 2.28. The Hall–Kier alpha value is -1.23. The van der Waals surface area contributed by atoms with E-state index in [0.717, 1.165) is 31.2 Å². The molecule has 0 spiro atoms. The first-order valence-electron chi connectivity index (χ1n) is 6.96. The summed E-state index contributed by atoms with van der Waals surface area (Å²) in [5.74, 6) is 0. The second-order valence-corrected chi connectivity index (χ2v) is 5.92. The molecule has 0 aliphatic heterocycles. The first kappa shape index (κ1) is 15.2. The van der Waals surface area contributed by atoms with Crippen LogP contribution in [-0.4, -0.2) is 36.7 Å². The van der Waals surface area contributed by atoms with Crippen molar-refractivity contribution in [2.45, 2.75) is 20.4 Å². The number of aryl methyl sites for hydroxylation is 1. The molecule has 0 saturated carbocycles. The van der Waals surface area contributed by atoms with Crippen LogP contribution in [0.3, 0.4) is 0 Å². The van der Waals surface area contributed by atoms with Crippen LogP contribution in [-0.2, 0) is 11.3 Å². The Balaban J connectivity index is 2.07. The summed E-state index contributed by atoms with van der Waals surface area (Å²) in [6.07, 6.45) is 2.00. The lowest BCUT2D eigenvalue weighted by Crippen LogP contribution is -2.26. The van der Waals surface area contributed by atoms with Crippen LogP contribution in [0.1, 0.15) is 17.4 Å². The maximum absolute atomic E-state index is 5.15. The minimum Gasteiger partial charge on any atom is -0.383 e. The van der Waals surface area contributed by atoms with E-state index < -0.39 is 0 Å². The van der Waals surface area contributed by atoms with Gasteiger partial charge in [0.2, 0.25) is 0 Å². The molecule has 0 bridgehead atoms. The van der Waals surface area contributed by atoms with Gasteiger partial charge in [0, 0.05) is 36.8 Å². The van der Waals surface area contributed by atoms with Gasteiger partial charge >= 0.3 is 0 Å². The van der Waals surface area contributed by atoms with Gasteiger partial charge in [-0.3, -0.25) is 4.90 Å². The summed E-state index contributed by atoms with van der Waals surface area (Å²) >= 11 is 1.78. The molecule has 2 aromatic rings. The third-order valence-electron chi connectivity index (χ3n) is 3.37. The Morgan fingerprint density at radius 3 is 2.80 bits per heavy atom. The molecule has 0 aliphatic rings. The van der Waals surface area contributed by atoms with Crippen molar-refractivity contribution in [1.29, 1.82) is 0 Å². The van der Waals surface area contributed by atoms with Crippen LogP contribution in [0.2, 0.25) is 0 Å². The molecule has 0 amide bonds. The highest BCUT2D eigenvalue weighted by Gasteiger charge is 2.09. The van der Waals surface area contributed by atoms with Gasteiger partial charge in [-0.05, 0) is 19.0 Å². The fourth-order valence-electron chi connectivity index (χ4n) is 2.11. The number of hydrogen-bond acceptors (Lipinski definition) is 4. The summed E-state index contributed by atoms with van der Waals surface area (Å²) in [5, 5.41) is 1.11. The second-order valence-electron chi connectivity index (χ2n) is 4.81. The molecule has 20 heavy (non-hydrogen) atoms. The fourth-order valence-corrected chi connectivity index (χ4v) is 3.15. The van der Waals surface area contributed by atoms with Crippen molar-refractivity contribution >= 4 is 11.3 Å². The van der Waals surface area contributed by atoms with Crippen LogP contribution in [0.5, 0.6) is 0 Å². The van der Waals surface area contributed by atoms with E-state index in [4.69, 9.17) is 4.74 Å². The van der Waals surface area contributed by atoms with Crippen LogP contribution < -0.4 is 0 Å². The molecule has 4 heteroatoms. The molecule has 0 atom stereocenters. The molecular formula is C16H22N2OS. The van der Waals surface area contributed by atoms with Crippen molar-refractivity contribution in [3.63, 3.8) is 0 Å². The van der Waals surface area contributed by atoms with Crippen LogP contribution >= 0.6 is 11.3 Å². The minimum atomic E-state index is 0.775. The largest absolute Gasteiger partial charge is 0.383 e. The Bertz CT molecular complexity index is 539. The van der Waals surface area contributed by atoms with E-state index in [1.54, 1.807) is 18.4 Å². The Kier molecular flexibility index (Phi) is 5.71. The molecule has 0 N–H and O–H groups in total. The third kappa shape index (κ3) is 3.88. The zero-order valence-corrected chi connectivity index (χ0v) is 13.2. The van der Waals surface area contributed by atoms with Crippen molar-refractivity contribution in [1.82, 2.24) is 9.88 Å². The normalized spacial score (nSPS) is 11.2. The highest BCUT2D eigenvalue weighted by molar-refractivity contribution is 7.15. The topological polar surface area (TPSA) is 25.4 Å². The van der Waals surface area contributed by atoms with Gasteiger partial charge in [0.25, 0.3) is 0 Å². The van der Waals surface area contributed by atoms with Gasteiger partial charge in [0.1, 0.15) is 5.01 Å². The van der Waals surface area contributed by atoms with Crippen molar-refractivity contribution in [2.24, 2.45) is 0 Å². The molecule has 0 aliphatic carbocycles. The number of nitrogens with zero attached hydrogens (tertiary/aromatic N) is 2. The number of methoxy groups -OCH3 is 1. The molecule has 0 fully saturated rings. The van der Waals surface area contributed by atoms with Crippen molar-refractivity contribution < 1.29 is 4.74 Å². The van der Waals surface area contributed by atoms with Crippen molar-refractivity contribution in [3.8, 4) is 10.6 Å². The van der Waals surface area contributed by atoms with E-state index in [0.29, 0.717) is 0 Å². The van der Waals surface area contributed by atoms with Crippen LogP contribution in [0, 0.1) is 6.92 Å². The summed E-state index contributed by atoms with van der Waals surface area (Å²) in [5.41, 5.74) is 2.52. The summed E-state index contributed by atoms with van der Waals surface area (Å²) in [4.78, 5) is 8.26. The van der Waals surface area contributed by atoms with E-state index in [2.05, 4.69) is 48.0 Å². The lowest BCUT2D eigenvalue weighted by atomic mass is 10.1. The van der Waals surface area contributed by atoms with Gasteiger partial charge in [0.05, 0.1) is 6.61 Å². The van der Waals surface area contributed by atoms with Gasteiger partial charge in [-0.25, -0.2) is 4.98 Å². The molecule has 1 aromatic carbocycles. The lowest BCUT2D eigenvalue weighted by molar-refractivity contribution is 0.148. The molecule has 108 valence electrons. The van der Waals surface area contributed by atoms with E-state index >= 15 is 0 Å². The fraction of sp³-hybridized carbons (Fsp3) is 0.438. The first-order chi connectivity index (χ1) is 9.74. The van der Waals surface area contributed by atoms with Gasteiger partial charge < -0.3 is 4.74 Å². The zero-order valence-electron chi connectivity index (χ0n) is 12.4. The average Bonchev–Trinajstić information content (AvgIpc) is 2.92. The number of hydrogen-bond donors (Lipinski definition) is 0. The van der Waals surface area contributed by atoms with E-state index in [-0.39, 0.29) is 0 Å². The standard InChI is InChI=1S/C16H22N2OS/c1-4-18(9-10-19-3)12-14-11-17-16(20-14)15-8-6-5-7-13(15)2/h5-8,11H,4,9-10,12H2,1-3H3. The van der Waals surface area contributed by atoms with Gasteiger partial charge in [-0.1, -0.05) is 31.2 Å². The van der Waals surface area contributed by atoms with E-state index in [1.165, 1.54) is 16.0 Å².